The van der Waals surface area contributed by atoms with Gasteiger partial charge in [-0.15, -0.1) is 25.6 Å². The fourth-order valence-electron chi connectivity index (χ4n) is 2.77. The van der Waals surface area contributed by atoms with Crippen LogP contribution in [0.1, 0.15) is 24.4 Å². The maximum atomic E-state index is 12.6. The van der Waals surface area contributed by atoms with Gasteiger partial charge in [-0.05, 0) is 24.1 Å². The van der Waals surface area contributed by atoms with E-state index >= 15 is 0 Å². The van der Waals surface area contributed by atoms with Crippen molar-refractivity contribution in [3.63, 3.8) is 0 Å². The largest absolute Gasteiger partial charge is 0.573 e. The van der Waals surface area contributed by atoms with Crippen molar-refractivity contribution in [1.29, 1.82) is 0 Å². The molecule has 1 aromatic rings. The van der Waals surface area contributed by atoms with Crippen molar-refractivity contribution in [3.8, 4) is 5.75 Å². The molecular formula is C15H19ClF6N2O. The zero-order valence-electron chi connectivity index (χ0n) is 13.2. The number of nitrogens with zero attached hydrogens (tertiary/aromatic N) is 1. The molecular weight excluding hydrogens is 374 g/mol. The molecule has 0 aromatic heterocycles. The third-order valence-electron chi connectivity index (χ3n) is 3.77. The molecule has 0 amide bonds. The van der Waals surface area contributed by atoms with Crippen LogP contribution in [0.4, 0.5) is 26.3 Å². The van der Waals surface area contributed by atoms with E-state index in [-0.39, 0.29) is 18.8 Å². The number of nitrogens with one attached hydrogen (secondary N) is 1. The van der Waals surface area contributed by atoms with Crippen LogP contribution >= 0.6 is 12.4 Å². The highest BCUT2D eigenvalue weighted by molar-refractivity contribution is 5.85. The van der Waals surface area contributed by atoms with E-state index in [1.165, 1.54) is 12.1 Å². The minimum atomic E-state index is -4.84. The van der Waals surface area contributed by atoms with Crippen molar-refractivity contribution in [1.82, 2.24) is 10.2 Å². The van der Waals surface area contributed by atoms with E-state index in [0.29, 0.717) is 31.7 Å². The second-order valence-electron chi connectivity index (χ2n) is 5.58. The number of ether oxygens (including phenoxy) is 1. The first-order chi connectivity index (χ1) is 11.1. The lowest BCUT2D eigenvalue weighted by Gasteiger charge is -2.35. The van der Waals surface area contributed by atoms with Crippen molar-refractivity contribution < 1.29 is 31.1 Å². The van der Waals surface area contributed by atoms with Gasteiger partial charge >= 0.3 is 12.5 Å². The summed E-state index contributed by atoms with van der Waals surface area (Å²) in [7, 11) is 0. The van der Waals surface area contributed by atoms with Crippen LogP contribution in [0.5, 0.6) is 5.75 Å². The summed E-state index contributed by atoms with van der Waals surface area (Å²) in [6, 6.07) is 4.59. The van der Waals surface area contributed by atoms with Gasteiger partial charge in [0.2, 0.25) is 0 Å². The molecule has 25 heavy (non-hydrogen) atoms. The van der Waals surface area contributed by atoms with E-state index in [1.807, 2.05) is 4.90 Å². The lowest BCUT2D eigenvalue weighted by molar-refractivity contribution is -0.274. The number of halogens is 7. The monoisotopic (exact) mass is 392 g/mol. The number of rotatable bonds is 5. The molecule has 3 nitrogen and oxygen atoms in total. The lowest BCUT2D eigenvalue weighted by Crippen LogP contribution is -2.45. The highest BCUT2D eigenvalue weighted by atomic mass is 35.5. The Labute approximate surface area is 147 Å². The number of hydrogen-bond donors (Lipinski definition) is 1. The molecule has 1 N–H and O–H groups in total. The molecule has 1 saturated heterocycles. The zero-order valence-corrected chi connectivity index (χ0v) is 14.0. The van der Waals surface area contributed by atoms with Crippen molar-refractivity contribution in [2.24, 2.45) is 0 Å². The van der Waals surface area contributed by atoms with E-state index < -0.39 is 30.8 Å². The molecule has 1 atom stereocenters. The summed E-state index contributed by atoms with van der Waals surface area (Å²) in [6.45, 7) is 2.32. The third kappa shape index (κ3) is 7.70. The Bertz CT molecular complexity index is 531. The fraction of sp³-hybridized carbons (Fsp3) is 0.600. The van der Waals surface area contributed by atoms with Gasteiger partial charge in [-0.25, -0.2) is 0 Å². The second kappa shape index (κ2) is 8.95. The minimum absolute atomic E-state index is 0. The summed E-state index contributed by atoms with van der Waals surface area (Å²) >= 11 is 0. The number of piperazine rings is 1. The van der Waals surface area contributed by atoms with Crippen LogP contribution in [0, 0.1) is 0 Å². The summed E-state index contributed by atoms with van der Waals surface area (Å²) in [6.07, 6.45) is -10.4. The molecule has 0 radical (unpaired) electrons. The van der Waals surface area contributed by atoms with E-state index in [1.54, 1.807) is 0 Å². The van der Waals surface area contributed by atoms with Crippen LogP contribution in [0.25, 0.3) is 0 Å². The Kier molecular flexibility index (Phi) is 7.83. The molecule has 0 aliphatic carbocycles. The molecule has 1 aliphatic rings. The Hall–Kier alpha value is -1.19. The SMILES string of the molecule is Cl.FC(F)(F)CC[C@@H](c1cccc(OC(F)(F)F)c1)N1CCNCC1. The van der Waals surface area contributed by atoms with Gasteiger partial charge in [0.1, 0.15) is 5.75 Å². The molecule has 0 spiro atoms. The Morgan fingerprint density at radius 1 is 1.08 bits per heavy atom. The Morgan fingerprint density at radius 3 is 2.28 bits per heavy atom. The average Bonchev–Trinajstić information content (AvgIpc) is 2.46. The summed E-state index contributed by atoms with van der Waals surface area (Å²) in [5.74, 6) is -0.424. The first-order valence-electron chi connectivity index (χ1n) is 7.51. The van der Waals surface area contributed by atoms with Gasteiger partial charge < -0.3 is 10.1 Å². The molecule has 144 valence electrons. The summed E-state index contributed by atoms with van der Waals surface area (Å²) in [5, 5.41) is 3.10. The number of benzene rings is 1. The van der Waals surface area contributed by atoms with E-state index in [9.17, 15) is 26.3 Å². The van der Waals surface area contributed by atoms with Crippen molar-refractivity contribution >= 4 is 12.4 Å². The molecule has 1 aromatic carbocycles. The predicted molar refractivity (Wildman–Crippen MR) is 82.8 cm³/mol. The molecule has 10 heteroatoms. The standard InChI is InChI=1S/C15H18F6N2O.ClH/c16-14(17,18)5-4-13(23-8-6-22-7-9-23)11-2-1-3-12(10-11)24-15(19,20)21;/h1-3,10,13,22H,4-9H2;1H/t13-;/m0./s1. The number of alkyl halides is 6. The average molecular weight is 393 g/mol. The predicted octanol–water partition coefficient (Wildman–Crippen LogP) is 4.30. The smallest absolute Gasteiger partial charge is 0.406 e. The van der Waals surface area contributed by atoms with E-state index in [0.717, 1.165) is 12.1 Å². The minimum Gasteiger partial charge on any atom is -0.406 e. The van der Waals surface area contributed by atoms with Crippen LogP contribution in [0.15, 0.2) is 24.3 Å². The second-order valence-corrected chi connectivity index (χ2v) is 5.58. The maximum Gasteiger partial charge on any atom is 0.573 e. The van der Waals surface area contributed by atoms with Gasteiger partial charge in [0.15, 0.2) is 0 Å². The van der Waals surface area contributed by atoms with Gasteiger partial charge in [-0.1, -0.05) is 12.1 Å². The molecule has 0 saturated carbocycles. The van der Waals surface area contributed by atoms with Gasteiger partial charge in [-0.3, -0.25) is 4.90 Å². The van der Waals surface area contributed by atoms with Gasteiger partial charge in [0.25, 0.3) is 0 Å². The van der Waals surface area contributed by atoms with Crippen LogP contribution in [0.3, 0.4) is 0 Å². The normalized spacial score (nSPS) is 17.7. The Morgan fingerprint density at radius 2 is 1.72 bits per heavy atom. The molecule has 1 aliphatic heterocycles. The van der Waals surface area contributed by atoms with Gasteiger partial charge in [0, 0.05) is 38.6 Å². The summed E-state index contributed by atoms with van der Waals surface area (Å²) in [4.78, 5) is 1.86. The van der Waals surface area contributed by atoms with Crippen molar-refractivity contribution in [3.05, 3.63) is 29.8 Å². The fourth-order valence-corrected chi connectivity index (χ4v) is 2.77. The van der Waals surface area contributed by atoms with Crippen LogP contribution in [-0.4, -0.2) is 43.6 Å². The first kappa shape index (κ1) is 21.9. The van der Waals surface area contributed by atoms with Gasteiger partial charge in [0.05, 0.1) is 0 Å². The van der Waals surface area contributed by atoms with Crippen LogP contribution < -0.4 is 10.1 Å². The molecule has 2 rings (SSSR count). The zero-order chi connectivity index (χ0) is 17.8. The van der Waals surface area contributed by atoms with Crippen LogP contribution in [-0.2, 0) is 0 Å². The molecule has 1 heterocycles. The highest BCUT2D eigenvalue weighted by Crippen LogP contribution is 2.34. The van der Waals surface area contributed by atoms with E-state index in [2.05, 4.69) is 10.1 Å². The maximum absolute atomic E-state index is 12.6. The number of hydrogen-bond acceptors (Lipinski definition) is 3. The summed E-state index contributed by atoms with van der Waals surface area (Å²) in [5.41, 5.74) is 0.392. The quantitative estimate of drug-likeness (QED) is 0.756. The topological polar surface area (TPSA) is 24.5 Å². The van der Waals surface area contributed by atoms with Crippen molar-refractivity contribution in [2.45, 2.75) is 31.4 Å². The molecule has 0 unspecified atom stereocenters. The molecule has 0 bridgehead atoms. The summed E-state index contributed by atoms with van der Waals surface area (Å²) < 4.78 is 78.7. The highest BCUT2D eigenvalue weighted by Gasteiger charge is 2.33. The van der Waals surface area contributed by atoms with Crippen molar-refractivity contribution in [2.75, 3.05) is 26.2 Å². The van der Waals surface area contributed by atoms with E-state index in [4.69, 9.17) is 0 Å². The third-order valence-corrected chi connectivity index (χ3v) is 3.77. The molecule has 1 fully saturated rings. The van der Waals surface area contributed by atoms with Gasteiger partial charge in [-0.2, -0.15) is 13.2 Å². The van der Waals surface area contributed by atoms with Crippen LogP contribution in [0.2, 0.25) is 0 Å². The Balaban J connectivity index is 0.00000312. The lowest BCUT2D eigenvalue weighted by atomic mass is 9.99. The first-order valence-corrected chi connectivity index (χ1v) is 7.51.